The van der Waals surface area contributed by atoms with Crippen LogP contribution in [0.3, 0.4) is 0 Å². The van der Waals surface area contributed by atoms with Gasteiger partial charge in [0.05, 0.1) is 25.7 Å². The van der Waals surface area contributed by atoms with Gasteiger partial charge in [-0.15, -0.1) is 0 Å². The highest BCUT2D eigenvalue weighted by atomic mass is 16.5. The Morgan fingerprint density at radius 2 is 2.12 bits per heavy atom. The number of ether oxygens (including phenoxy) is 2. The molecule has 2 aromatic rings. The molecule has 24 heavy (non-hydrogen) atoms. The summed E-state index contributed by atoms with van der Waals surface area (Å²) in [5.74, 6) is 1.30. The second kappa shape index (κ2) is 4.76. The Morgan fingerprint density at radius 3 is 2.92 bits per heavy atom. The zero-order valence-electron chi connectivity index (χ0n) is 14.3. The molecule has 1 aromatic carbocycles. The maximum absolute atomic E-state index is 12.1. The number of rotatable bonds is 1. The van der Waals surface area contributed by atoms with Crippen molar-refractivity contribution in [3.05, 3.63) is 29.5 Å². The number of piperidine rings is 1. The second-order valence-corrected chi connectivity index (χ2v) is 7.39. The Balaban J connectivity index is 1.72. The maximum Gasteiger partial charge on any atom is 0.309 e. The molecule has 5 nitrogen and oxygen atoms in total. The third-order valence-corrected chi connectivity index (χ3v) is 6.51. The summed E-state index contributed by atoms with van der Waals surface area (Å²) in [5, 5.41) is 1.29. The molecule has 4 atom stereocenters. The van der Waals surface area contributed by atoms with Crippen LogP contribution in [0.25, 0.3) is 10.9 Å². The van der Waals surface area contributed by atoms with E-state index in [1.807, 2.05) is 6.07 Å². The number of nitrogens with zero attached hydrogens (tertiary/aromatic N) is 2. The number of aromatic nitrogens is 1. The number of carbonyl (C=O) groups excluding carboxylic acids is 1. The highest BCUT2D eigenvalue weighted by Crippen LogP contribution is 2.50. The summed E-state index contributed by atoms with van der Waals surface area (Å²) in [7, 11) is 6.06. The number of likely N-dealkylation sites (N-methyl/N-ethyl adjacent to an activating group) is 1. The van der Waals surface area contributed by atoms with Gasteiger partial charge in [-0.05, 0) is 43.7 Å². The molecule has 2 saturated heterocycles. The Kier molecular flexibility index (Phi) is 2.84. The molecule has 0 spiro atoms. The molecule has 0 saturated carbocycles. The summed E-state index contributed by atoms with van der Waals surface area (Å²) >= 11 is 0. The fourth-order valence-corrected chi connectivity index (χ4v) is 5.26. The molecule has 126 valence electrons. The number of benzene rings is 1. The predicted molar refractivity (Wildman–Crippen MR) is 90.0 cm³/mol. The molecular weight excluding hydrogens is 304 g/mol. The average Bonchev–Trinajstić information content (AvgIpc) is 3.07. The topological polar surface area (TPSA) is 43.7 Å². The molecule has 0 radical (unpaired) electrons. The number of fused-ring (bicyclic) bond motifs is 8. The van der Waals surface area contributed by atoms with Gasteiger partial charge in [0.2, 0.25) is 0 Å². The van der Waals surface area contributed by atoms with Crippen LogP contribution in [0.2, 0.25) is 0 Å². The molecule has 5 rings (SSSR count). The van der Waals surface area contributed by atoms with Crippen molar-refractivity contribution in [3.8, 4) is 5.75 Å². The number of methoxy groups -OCH3 is 1. The van der Waals surface area contributed by atoms with E-state index in [0.29, 0.717) is 18.6 Å². The first-order valence-corrected chi connectivity index (χ1v) is 8.64. The summed E-state index contributed by atoms with van der Waals surface area (Å²) in [6.45, 7) is 0.578. The molecule has 0 N–H and O–H groups in total. The van der Waals surface area contributed by atoms with Crippen LogP contribution in [0.15, 0.2) is 18.2 Å². The van der Waals surface area contributed by atoms with Crippen LogP contribution in [0.5, 0.6) is 5.75 Å². The summed E-state index contributed by atoms with van der Waals surface area (Å²) in [5.41, 5.74) is 4.03. The van der Waals surface area contributed by atoms with Gasteiger partial charge in [-0.3, -0.25) is 9.69 Å². The van der Waals surface area contributed by atoms with E-state index in [1.54, 1.807) is 7.11 Å². The van der Waals surface area contributed by atoms with Crippen molar-refractivity contribution in [2.75, 3.05) is 20.8 Å². The van der Waals surface area contributed by atoms with Gasteiger partial charge >= 0.3 is 5.97 Å². The van der Waals surface area contributed by atoms with Crippen molar-refractivity contribution in [1.29, 1.82) is 0 Å². The minimum absolute atomic E-state index is 0.00647. The second-order valence-electron chi connectivity index (χ2n) is 7.39. The molecule has 0 amide bonds. The number of carbonyl (C=O) groups is 1. The fourth-order valence-electron chi connectivity index (χ4n) is 5.26. The molecule has 2 fully saturated rings. The first-order valence-electron chi connectivity index (χ1n) is 8.64. The SMILES string of the molecule is COc1ccc2c(c1)c1c(n2C)[C@@H]2C[C@H]3C(=O)OC[C@H]3[C@H](C1)N2C. The Labute approximate surface area is 141 Å². The van der Waals surface area contributed by atoms with E-state index in [2.05, 4.69) is 35.7 Å². The zero-order chi connectivity index (χ0) is 16.6. The number of hydrogen-bond acceptors (Lipinski definition) is 4. The number of aryl methyl sites for hydroxylation is 1. The lowest BCUT2D eigenvalue weighted by molar-refractivity contribution is -0.142. The minimum atomic E-state index is 0.00647. The van der Waals surface area contributed by atoms with Crippen molar-refractivity contribution in [2.24, 2.45) is 18.9 Å². The molecule has 4 heterocycles. The van der Waals surface area contributed by atoms with Crippen LogP contribution in [0.1, 0.15) is 23.7 Å². The lowest BCUT2D eigenvalue weighted by Gasteiger charge is -2.48. The molecule has 0 unspecified atom stereocenters. The van der Waals surface area contributed by atoms with Gasteiger partial charge < -0.3 is 14.0 Å². The third kappa shape index (κ3) is 1.66. The Morgan fingerprint density at radius 1 is 1.29 bits per heavy atom. The smallest absolute Gasteiger partial charge is 0.309 e. The van der Waals surface area contributed by atoms with E-state index in [9.17, 15) is 4.79 Å². The first kappa shape index (κ1) is 14.3. The minimum Gasteiger partial charge on any atom is -0.497 e. The molecule has 2 bridgehead atoms. The molecule has 5 heteroatoms. The van der Waals surface area contributed by atoms with Crippen molar-refractivity contribution < 1.29 is 14.3 Å². The first-order chi connectivity index (χ1) is 11.6. The number of hydrogen-bond donors (Lipinski definition) is 0. The molecule has 3 aliphatic heterocycles. The van der Waals surface area contributed by atoms with Crippen LogP contribution in [0, 0.1) is 11.8 Å². The molecule has 0 aliphatic carbocycles. The van der Waals surface area contributed by atoms with Crippen molar-refractivity contribution in [3.63, 3.8) is 0 Å². The van der Waals surface area contributed by atoms with Crippen LogP contribution >= 0.6 is 0 Å². The van der Waals surface area contributed by atoms with E-state index in [4.69, 9.17) is 9.47 Å². The van der Waals surface area contributed by atoms with Crippen LogP contribution in [-0.4, -0.2) is 42.2 Å². The largest absolute Gasteiger partial charge is 0.497 e. The molecule has 3 aliphatic rings. The zero-order valence-corrected chi connectivity index (χ0v) is 14.3. The fraction of sp³-hybridized carbons (Fsp3) is 0.526. The summed E-state index contributed by atoms with van der Waals surface area (Å²) < 4.78 is 13.1. The normalized spacial score (nSPS) is 31.7. The van der Waals surface area contributed by atoms with Gasteiger partial charge in [0.15, 0.2) is 0 Å². The number of cyclic esters (lactones) is 1. The van der Waals surface area contributed by atoms with Gasteiger partial charge in [-0.1, -0.05) is 0 Å². The lowest BCUT2D eigenvalue weighted by atomic mass is 9.72. The lowest BCUT2D eigenvalue weighted by Crippen LogP contribution is -2.53. The Hall–Kier alpha value is -2.01. The van der Waals surface area contributed by atoms with Crippen LogP contribution in [-0.2, 0) is 23.0 Å². The summed E-state index contributed by atoms with van der Waals surface area (Å²) in [6, 6.07) is 6.99. The predicted octanol–water partition coefficient (Wildman–Crippen LogP) is 2.28. The van der Waals surface area contributed by atoms with Crippen molar-refractivity contribution >= 4 is 16.9 Å². The van der Waals surface area contributed by atoms with Gasteiger partial charge in [-0.2, -0.15) is 0 Å². The number of esters is 1. The van der Waals surface area contributed by atoms with Crippen molar-refractivity contribution in [2.45, 2.75) is 24.9 Å². The third-order valence-electron chi connectivity index (χ3n) is 6.51. The van der Waals surface area contributed by atoms with E-state index in [-0.39, 0.29) is 17.9 Å². The van der Waals surface area contributed by atoms with Crippen molar-refractivity contribution in [1.82, 2.24) is 9.47 Å². The van der Waals surface area contributed by atoms with E-state index >= 15 is 0 Å². The van der Waals surface area contributed by atoms with Gasteiger partial charge in [0.25, 0.3) is 0 Å². The van der Waals surface area contributed by atoms with Crippen LogP contribution < -0.4 is 4.74 Å². The van der Waals surface area contributed by atoms with Gasteiger partial charge in [0.1, 0.15) is 5.75 Å². The molecule has 1 aromatic heterocycles. The Bertz CT molecular complexity index is 856. The molecular formula is C19H22N2O3. The quantitative estimate of drug-likeness (QED) is 0.754. The van der Waals surface area contributed by atoms with Crippen LogP contribution in [0.4, 0.5) is 0 Å². The van der Waals surface area contributed by atoms with E-state index in [0.717, 1.165) is 18.6 Å². The standard InChI is InChI=1S/C19H22N2O3/c1-20-16-7-12-11-6-10(23-3)4-5-15(11)21(2)18(12)17(20)8-13-14(16)9-24-19(13)22/h4-6,13-14,16-17H,7-9H2,1-3H3/t13-,14-,16+,17+/m1/s1. The van der Waals surface area contributed by atoms with E-state index < -0.39 is 0 Å². The maximum atomic E-state index is 12.1. The highest BCUT2D eigenvalue weighted by Gasteiger charge is 2.52. The van der Waals surface area contributed by atoms with Gasteiger partial charge in [-0.25, -0.2) is 0 Å². The highest BCUT2D eigenvalue weighted by molar-refractivity contribution is 5.88. The average molecular weight is 326 g/mol. The monoisotopic (exact) mass is 326 g/mol. The van der Waals surface area contributed by atoms with E-state index in [1.165, 1.54) is 22.2 Å². The summed E-state index contributed by atoms with van der Waals surface area (Å²) in [6.07, 6.45) is 1.84. The van der Waals surface area contributed by atoms with Gasteiger partial charge in [0, 0.05) is 35.6 Å². The summed E-state index contributed by atoms with van der Waals surface area (Å²) in [4.78, 5) is 14.6.